The second-order valence-corrected chi connectivity index (χ2v) is 6.50. The number of hydrogen-bond donors (Lipinski definition) is 1. The van der Waals surface area contributed by atoms with Gasteiger partial charge in [-0.3, -0.25) is 4.79 Å². The third-order valence-corrected chi connectivity index (χ3v) is 4.14. The summed E-state index contributed by atoms with van der Waals surface area (Å²) in [5, 5.41) is 3.02. The first kappa shape index (κ1) is 18.1. The van der Waals surface area contributed by atoms with E-state index in [1.165, 1.54) is 22.4 Å². The molecule has 0 saturated heterocycles. The summed E-state index contributed by atoms with van der Waals surface area (Å²) in [6.07, 6.45) is 3.32. The van der Waals surface area contributed by atoms with E-state index in [9.17, 15) is 4.79 Å². The third-order valence-electron chi connectivity index (χ3n) is 4.14. The summed E-state index contributed by atoms with van der Waals surface area (Å²) in [6.45, 7) is 2.82. The normalized spacial score (nSPS) is 10.5. The molecule has 0 fully saturated rings. The standard InChI is InChI=1S/C21H28N2O/c1-17-6-4-7-19(16-17)11-14-21(24)22-15-5-8-18-9-12-20(13-10-18)23(2)3/h4,6-7,9-10,12-13,16H,5,8,11,14-15H2,1-3H3,(H,22,24). The predicted molar refractivity (Wildman–Crippen MR) is 102 cm³/mol. The van der Waals surface area contributed by atoms with Gasteiger partial charge in [0.05, 0.1) is 0 Å². The summed E-state index contributed by atoms with van der Waals surface area (Å²) in [4.78, 5) is 14.0. The van der Waals surface area contributed by atoms with Gasteiger partial charge in [0, 0.05) is 32.7 Å². The molecular formula is C21H28N2O. The molecule has 3 nitrogen and oxygen atoms in total. The molecule has 0 bridgehead atoms. The molecule has 0 aromatic heterocycles. The van der Waals surface area contributed by atoms with Crippen molar-refractivity contribution >= 4 is 11.6 Å². The topological polar surface area (TPSA) is 32.3 Å². The van der Waals surface area contributed by atoms with Crippen LogP contribution in [0, 0.1) is 6.92 Å². The van der Waals surface area contributed by atoms with Crippen LogP contribution in [0.15, 0.2) is 48.5 Å². The number of carbonyl (C=O) groups excluding carboxylic acids is 1. The Kier molecular flexibility index (Phi) is 6.86. The molecule has 0 spiro atoms. The average molecular weight is 324 g/mol. The van der Waals surface area contributed by atoms with Gasteiger partial charge in [0.15, 0.2) is 0 Å². The van der Waals surface area contributed by atoms with Crippen molar-refractivity contribution in [1.29, 1.82) is 0 Å². The van der Waals surface area contributed by atoms with Gasteiger partial charge in [-0.1, -0.05) is 42.0 Å². The minimum Gasteiger partial charge on any atom is -0.378 e. The zero-order valence-electron chi connectivity index (χ0n) is 15.0. The van der Waals surface area contributed by atoms with Crippen molar-refractivity contribution in [3.05, 3.63) is 65.2 Å². The second-order valence-electron chi connectivity index (χ2n) is 6.50. The van der Waals surface area contributed by atoms with E-state index in [4.69, 9.17) is 0 Å². The van der Waals surface area contributed by atoms with Crippen LogP contribution in [0.1, 0.15) is 29.5 Å². The van der Waals surface area contributed by atoms with Gasteiger partial charge in [0.1, 0.15) is 0 Å². The highest BCUT2D eigenvalue weighted by atomic mass is 16.1. The molecule has 2 aromatic carbocycles. The lowest BCUT2D eigenvalue weighted by atomic mass is 10.1. The fourth-order valence-corrected chi connectivity index (χ4v) is 2.69. The Balaban J connectivity index is 1.64. The zero-order chi connectivity index (χ0) is 17.4. The molecule has 3 heteroatoms. The van der Waals surface area contributed by atoms with Crippen LogP contribution < -0.4 is 10.2 Å². The number of hydrogen-bond acceptors (Lipinski definition) is 2. The van der Waals surface area contributed by atoms with Gasteiger partial charge in [0.2, 0.25) is 5.91 Å². The Hall–Kier alpha value is -2.29. The van der Waals surface area contributed by atoms with Gasteiger partial charge >= 0.3 is 0 Å². The van der Waals surface area contributed by atoms with Crippen LogP contribution in [0.2, 0.25) is 0 Å². The molecule has 2 rings (SSSR count). The lowest BCUT2D eigenvalue weighted by Crippen LogP contribution is -2.25. The molecule has 0 atom stereocenters. The maximum atomic E-state index is 11.9. The van der Waals surface area contributed by atoms with Crippen molar-refractivity contribution in [3.63, 3.8) is 0 Å². The summed E-state index contributed by atoms with van der Waals surface area (Å²) < 4.78 is 0. The number of benzene rings is 2. The van der Waals surface area contributed by atoms with E-state index >= 15 is 0 Å². The smallest absolute Gasteiger partial charge is 0.220 e. The summed E-state index contributed by atoms with van der Waals surface area (Å²) in [7, 11) is 4.09. The zero-order valence-corrected chi connectivity index (χ0v) is 15.0. The Morgan fingerprint density at radius 3 is 2.42 bits per heavy atom. The maximum Gasteiger partial charge on any atom is 0.220 e. The van der Waals surface area contributed by atoms with Gasteiger partial charge in [-0.25, -0.2) is 0 Å². The Labute approximate surface area is 145 Å². The molecule has 0 saturated carbocycles. The molecular weight excluding hydrogens is 296 g/mol. The van der Waals surface area contributed by atoms with Gasteiger partial charge in [-0.15, -0.1) is 0 Å². The number of amides is 1. The second kappa shape index (κ2) is 9.11. The van der Waals surface area contributed by atoms with Crippen molar-refractivity contribution in [2.75, 3.05) is 25.5 Å². The van der Waals surface area contributed by atoms with Gasteiger partial charge in [-0.2, -0.15) is 0 Å². The first-order valence-corrected chi connectivity index (χ1v) is 8.63. The van der Waals surface area contributed by atoms with Crippen molar-refractivity contribution in [2.45, 2.75) is 32.6 Å². The van der Waals surface area contributed by atoms with Crippen molar-refractivity contribution in [3.8, 4) is 0 Å². The molecule has 0 unspecified atom stereocenters. The number of carbonyl (C=O) groups is 1. The van der Waals surface area contributed by atoms with Gasteiger partial charge < -0.3 is 10.2 Å². The number of anilines is 1. The van der Waals surface area contributed by atoms with Crippen LogP contribution in [-0.2, 0) is 17.6 Å². The van der Waals surface area contributed by atoms with Crippen LogP contribution in [0.4, 0.5) is 5.69 Å². The number of nitrogens with zero attached hydrogens (tertiary/aromatic N) is 1. The van der Waals surface area contributed by atoms with Crippen molar-refractivity contribution in [1.82, 2.24) is 5.32 Å². The third kappa shape index (κ3) is 6.07. The lowest BCUT2D eigenvalue weighted by Gasteiger charge is -2.12. The van der Waals surface area contributed by atoms with E-state index in [0.717, 1.165) is 25.8 Å². The Bertz CT molecular complexity index is 647. The van der Waals surface area contributed by atoms with Crippen molar-refractivity contribution < 1.29 is 4.79 Å². The summed E-state index contributed by atoms with van der Waals surface area (Å²) >= 11 is 0. The molecule has 0 aliphatic heterocycles. The van der Waals surface area contributed by atoms with E-state index in [-0.39, 0.29) is 5.91 Å². The number of aryl methyl sites for hydroxylation is 3. The van der Waals surface area contributed by atoms with Gasteiger partial charge in [-0.05, 0) is 49.4 Å². The van der Waals surface area contributed by atoms with E-state index in [0.29, 0.717) is 6.42 Å². The number of rotatable bonds is 8. The van der Waals surface area contributed by atoms with Crippen LogP contribution in [-0.4, -0.2) is 26.5 Å². The molecule has 0 aliphatic carbocycles. The quantitative estimate of drug-likeness (QED) is 0.750. The fourth-order valence-electron chi connectivity index (χ4n) is 2.69. The molecule has 1 N–H and O–H groups in total. The highest BCUT2D eigenvalue weighted by molar-refractivity contribution is 5.76. The Morgan fingerprint density at radius 1 is 1.00 bits per heavy atom. The lowest BCUT2D eigenvalue weighted by molar-refractivity contribution is -0.121. The minimum absolute atomic E-state index is 0.138. The summed E-state index contributed by atoms with van der Waals surface area (Å²) in [5.74, 6) is 0.138. The molecule has 0 heterocycles. The van der Waals surface area contributed by atoms with Crippen molar-refractivity contribution in [2.24, 2.45) is 0 Å². The molecule has 0 radical (unpaired) electrons. The molecule has 2 aromatic rings. The van der Waals surface area contributed by atoms with E-state index in [1.807, 2.05) is 20.2 Å². The monoisotopic (exact) mass is 324 g/mol. The summed E-state index contributed by atoms with van der Waals surface area (Å²) in [6, 6.07) is 16.9. The molecule has 1 amide bonds. The highest BCUT2D eigenvalue weighted by Crippen LogP contribution is 2.13. The SMILES string of the molecule is Cc1cccc(CCC(=O)NCCCc2ccc(N(C)C)cc2)c1. The fraction of sp³-hybridized carbons (Fsp3) is 0.381. The largest absolute Gasteiger partial charge is 0.378 e. The van der Waals surface area contributed by atoms with E-state index in [2.05, 4.69) is 59.6 Å². The number of nitrogens with one attached hydrogen (secondary N) is 1. The van der Waals surface area contributed by atoms with E-state index < -0.39 is 0 Å². The average Bonchev–Trinajstić information content (AvgIpc) is 2.57. The highest BCUT2D eigenvalue weighted by Gasteiger charge is 2.02. The van der Waals surface area contributed by atoms with Crippen LogP contribution in [0.25, 0.3) is 0 Å². The van der Waals surface area contributed by atoms with Gasteiger partial charge in [0.25, 0.3) is 0 Å². The Morgan fingerprint density at radius 2 is 1.75 bits per heavy atom. The maximum absolute atomic E-state index is 11.9. The minimum atomic E-state index is 0.138. The molecule has 24 heavy (non-hydrogen) atoms. The molecule has 0 aliphatic rings. The van der Waals surface area contributed by atoms with Crippen LogP contribution >= 0.6 is 0 Å². The molecule has 128 valence electrons. The van der Waals surface area contributed by atoms with Crippen LogP contribution in [0.3, 0.4) is 0 Å². The van der Waals surface area contributed by atoms with E-state index in [1.54, 1.807) is 0 Å². The predicted octanol–water partition coefficient (Wildman–Crippen LogP) is 3.74. The first-order valence-electron chi connectivity index (χ1n) is 8.63. The van der Waals surface area contributed by atoms with Crippen LogP contribution in [0.5, 0.6) is 0 Å². The summed E-state index contributed by atoms with van der Waals surface area (Å²) in [5.41, 5.74) is 5.00. The first-order chi connectivity index (χ1) is 11.5.